The molecule has 0 fully saturated rings. The average molecular weight is 429 g/mol. The molecule has 1 aromatic heterocycles. The number of thiophene rings is 1. The van der Waals surface area contributed by atoms with E-state index in [9.17, 15) is 9.59 Å². The lowest BCUT2D eigenvalue weighted by Gasteiger charge is -2.38. The van der Waals surface area contributed by atoms with Crippen LogP contribution in [0.25, 0.3) is 0 Å². The van der Waals surface area contributed by atoms with Crippen molar-refractivity contribution in [3.63, 3.8) is 0 Å². The van der Waals surface area contributed by atoms with Crippen LogP contribution in [0.2, 0.25) is 0 Å². The summed E-state index contributed by atoms with van der Waals surface area (Å²) in [5.41, 5.74) is 2.25. The third-order valence-corrected chi connectivity index (χ3v) is 6.95. The fraction of sp³-hybridized carbons (Fsp3) is 0.500. The number of carbonyl (C=O) groups is 2. The normalized spacial score (nSPS) is 16.7. The van der Waals surface area contributed by atoms with Crippen LogP contribution in [-0.4, -0.2) is 47.4 Å². The van der Waals surface area contributed by atoms with Crippen LogP contribution in [0, 0.1) is 6.92 Å². The highest BCUT2D eigenvalue weighted by atomic mass is 32.1. The largest absolute Gasteiger partial charge is 0.491 e. The molecular weight excluding hydrogens is 396 g/mol. The van der Waals surface area contributed by atoms with Gasteiger partial charge in [0.15, 0.2) is 0 Å². The Bertz CT molecular complexity index is 879. The molecule has 0 saturated heterocycles. The molecule has 0 saturated carbocycles. The van der Waals surface area contributed by atoms with Gasteiger partial charge in [-0.2, -0.15) is 0 Å². The number of hydrogen-bond donors (Lipinski definition) is 0. The summed E-state index contributed by atoms with van der Waals surface area (Å²) in [6.45, 7) is 9.11. The van der Waals surface area contributed by atoms with Gasteiger partial charge in [0, 0.05) is 23.9 Å². The second-order valence-corrected chi connectivity index (χ2v) is 8.86. The summed E-state index contributed by atoms with van der Waals surface area (Å²) < 4.78 is 6.16. The zero-order valence-electron chi connectivity index (χ0n) is 18.4. The van der Waals surface area contributed by atoms with Gasteiger partial charge in [-0.15, -0.1) is 11.3 Å². The average Bonchev–Trinajstić information content (AvgIpc) is 3.24. The van der Waals surface area contributed by atoms with Crippen molar-refractivity contribution < 1.29 is 14.3 Å². The van der Waals surface area contributed by atoms with Gasteiger partial charge in [0.25, 0.3) is 0 Å². The van der Waals surface area contributed by atoms with E-state index < -0.39 is 0 Å². The Hall–Kier alpha value is -2.34. The van der Waals surface area contributed by atoms with Crippen molar-refractivity contribution in [2.75, 3.05) is 19.7 Å². The fourth-order valence-electron chi connectivity index (χ4n) is 3.91. The first kappa shape index (κ1) is 22.3. The van der Waals surface area contributed by atoms with Crippen molar-refractivity contribution in [1.29, 1.82) is 0 Å². The minimum Gasteiger partial charge on any atom is -0.491 e. The van der Waals surface area contributed by atoms with Crippen molar-refractivity contribution in [3.05, 3.63) is 51.7 Å². The monoisotopic (exact) mass is 428 g/mol. The van der Waals surface area contributed by atoms with E-state index in [0.717, 1.165) is 24.2 Å². The third-order valence-electron chi connectivity index (χ3n) is 5.96. The van der Waals surface area contributed by atoms with Gasteiger partial charge >= 0.3 is 0 Å². The SMILES string of the molecule is CCC(=O)N(CC(=O)N1CCc2sccc2[C@H]1COc1ccccc1C)[C@@H](C)CC. The van der Waals surface area contributed by atoms with E-state index in [0.29, 0.717) is 19.6 Å². The second kappa shape index (κ2) is 10.1. The van der Waals surface area contributed by atoms with Crippen LogP contribution in [0.15, 0.2) is 35.7 Å². The van der Waals surface area contributed by atoms with Gasteiger partial charge in [-0.1, -0.05) is 32.0 Å². The van der Waals surface area contributed by atoms with Crippen LogP contribution in [0.5, 0.6) is 5.75 Å². The summed E-state index contributed by atoms with van der Waals surface area (Å²) in [6, 6.07) is 9.95. The molecule has 2 heterocycles. The smallest absolute Gasteiger partial charge is 0.242 e. The second-order valence-electron chi connectivity index (χ2n) is 7.86. The number of carbonyl (C=O) groups excluding carboxylic acids is 2. The number of rotatable bonds is 8. The zero-order chi connectivity index (χ0) is 21.7. The van der Waals surface area contributed by atoms with Gasteiger partial charge in [0.1, 0.15) is 18.9 Å². The van der Waals surface area contributed by atoms with Crippen LogP contribution >= 0.6 is 11.3 Å². The summed E-state index contributed by atoms with van der Waals surface area (Å²) in [7, 11) is 0. The van der Waals surface area contributed by atoms with Crippen molar-refractivity contribution in [2.24, 2.45) is 0 Å². The quantitative estimate of drug-likeness (QED) is 0.617. The van der Waals surface area contributed by atoms with Gasteiger partial charge in [0.2, 0.25) is 11.8 Å². The number of ether oxygens (including phenoxy) is 1. The molecule has 0 spiro atoms. The fourth-order valence-corrected chi connectivity index (χ4v) is 4.84. The summed E-state index contributed by atoms with van der Waals surface area (Å²) in [5.74, 6) is 0.862. The number of hydrogen-bond acceptors (Lipinski definition) is 4. The Kier molecular flexibility index (Phi) is 7.53. The minimum absolute atomic E-state index is 0.00710. The van der Waals surface area contributed by atoms with Crippen molar-refractivity contribution in [1.82, 2.24) is 9.80 Å². The lowest BCUT2D eigenvalue weighted by Crippen LogP contribution is -2.49. The third kappa shape index (κ3) is 4.86. The number of nitrogens with zero attached hydrogens (tertiary/aromatic N) is 2. The standard InChI is InChI=1S/C24H32N2O3S/c1-5-18(4)26(23(27)6-2)15-24(28)25-13-11-22-19(12-14-30-22)20(25)16-29-21-10-8-7-9-17(21)3/h7-10,12,14,18,20H,5-6,11,13,15-16H2,1-4H3/t18-,20+/m0/s1. The molecule has 30 heavy (non-hydrogen) atoms. The maximum Gasteiger partial charge on any atom is 0.242 e. The van der Waals surface area contributed by atoms with E-state index in [1.54, 1.807) is 16.2 Å². The van der Waals surface area contributed by atoms with Crippen LogP contribution in [-0.2, 0) is 16.0 Å². The molecule has 6 heteroatoms. The summed E-state index contributed by atoms with van der Waals surface area (Å²) in [6.07, 6.45) is 2.09. The molecule has 1 aliphatic heterocycles. The highest BCUT2D eigenvalue weighted by molar-refractivity contribution is 7.10. The summed E-state index contributed by atoms with van der Waals surface area (Å²) in [4.78, 5) is 30.8. The summed E-state index contributed by atoms with van der Waals surface area (Å²) >= 11 is 1.74. The molecule has 0 aliphatic carbocycles. The molecule has 162 valence electrons. The van der Waals surface area contributed by atoms with E-state index in [-0.39, 0.29) is 30.4 Å². The predicted octanol–water partition coefficient (Wildman–Crippen LogP) is 4.60. The predicted molar refractivity (Wildman–Crippen MR) is 121 cm³/mol. The number of benzene rings is 1. The number of para-hydroxylation sites is 1. The lowest BCUT2D eigenvalue weighted by atomic mass is 10.00. The van der Waals surface area contributed by atoms with Crippen LogP contribution in [0.3, 0.4) is 0 Å². The number of amides is 2. The molecule has 0 N–H and O–H groups in total. The van der Waals surface area contributed by atoms with Crippen LogP contribution in [0.4, 0.5) is 0 Å². The van der Waals surface area contributed by atoms with Crippen molar-refractivity contribution in [2.45, 2.75) is 59.0 Å². The molecule has 3 rings (SSSR count). The minimum atomic E-state index is -0.136. The van der Waals surface area contributed by atoms with E-state index in [1.807, 2.05) is 56.9 Å². The molecular formula is C24H32N2O3S. The van der Waals surface area contributed by atoms with Crippen LogP contribution in [0.1, 0.15) is 55.7 Å². The van der Waals surface area contributed by atoms with E-state index >= 15 is 0 Å². The van der Waals surface area contributed by atoms with E-state index in [1.165, 1.54) is 10.4 Å². The first-order chi connectivity index (χ1) is 14.5. The maximum atomic E-state index is 13.3. The number of fused-ring (bicyclic) bond motifs is 1. The first-order valence-corrected chi connectivity index (χ1v) is 11.7. The Morgan fingerprint density at radius 1 is 1.27 bits per heavy atom. The summed E-state index contributed by atoms with van der Waals surface area (Å²) in [5, 5.41) is 2.09. The lowest BCUT2D eigenvalue weighted by molar-refractivity contribution is -0.144. The molecule has 2 aromatic rings. The Morgan fingerprint density at radius 2 is 2.03 bits per heavy atom. The van der Waals surface area contributed by atoms with Gasteiger partial charge in [-0.05, 0) is 55.3 Å². The molecule has 2 amide bonds. The maximum absolute atomic E-state index is 13.3. The van der Waals surface area contributed by atoms with Gasteiger partial charge in [0.05, 0.1) is 6.04 Å². The van der Waals surface area contributed by atoms with Gasteiger partial charge in [-0.3, -0.25) is 9.59 Å². The Labute approximate surface area is 183 Å². The molecule has 0 bridgehead atoms. The molecule has 0 radical (unpaired) electrons. The number of aryl methyl sites for hydroxylation is 1. The van der Waals surface area contributed by atoms with Crippen molar-refractivity contribution in [3.8, 4) is 5.75 Å². The van der Waals surface area contributed by atoms with Gasteiger partial charge < -0.3 is 14.5 Å². The molecule has 1 aromatic carbocycles. The first-order valence-electron chi connectivity index (χ1n) is 10.8. The highest BCUT2D eigenvalue weighted by Crippen LogP contribution is 2.34. The van der Waals surface area contributed by atoms with E-state index in [2.05, 4.69) is 11.4 Å². The molecule has 0 unspecified atom stereocenters. The van der Waals surface area contributed by atoms with Crippen LogP contribution < -0.4 is 4.74 Å². The highest BCUT2D eigenvalue weighted by Gasteiger charge is 2.34. The Balaban J connectivity index is 1.80. The zero-order valence-corrected chi connectivity index (χ0v) is 19.2. The Morgan fingerprint density at radius 3 is 2.73 bits per heavy atom. The topological polar surface area (TPSA) is 49.9 Å². The van der Waals surface area contributed by atoms with Gasteiger partial charge in [-0.25, -0.2) is 0 Å². The van der Waals surface area contributed by atoms with E-state index in [4.69, 9.17) is 4.74 Å². The molecule has 1 aliphatic rings. The van der Waals surface area contributed by atoms with Crippen molar-refractivity contribution >= 4 is 23.2 Å². The molecule has 5 nitrogen and oxygen atoms in total. The molecule has 2 atom stereocenters.